The minimum Gasteiger partial charge on any atom is -0.426 e. The Kier molecular flexibility index (Phi) is 6.83. The summed E-state index contributed by atoms with van der Waals surface area (Å²) in [5.74, 6) is -2.88. The summed E-state index contributed by atoms with van der Waals surface area (Å²) in [4.78, 5) is 12.3. The van der Waals surface area contributed by atoms with E-state index in [1.54, 1.807) is 0 Å². The average Bonchev–Trinajstić information content (AvgIpc) is 2.67. The molecule has 2 aliphatic carbocycles. The van der Waals surface area contributed by atoms with E-state index >= 15 is 0 Å². The summed E-state index contributed by atoms with van der Waals surface area (Å²) < 4.78 is 44.6. The molecule has 0 bridgehead atoms. The summed E-state index contributed by atoms with van der Waals surface area (Å²) in [6.45, 7) is 2.25. The number of hydrogen-bond acceptors (Lipinski definition) is 2. The molecule has 2 aliphatic rings. The third kappa shape index (κ3) is 5.05. The maximum absolute atomic E-state index is 13.3. The zero-order chi connectivity index (χ0) is 19.4. The van der Waals surface area contributed by atoms with E-state index < -0.39 is 23.4 Å². The van der Waals surface area contributed by atoms with Crippen LogP contribution in [0.1, 0.15) is 74.0 Å². The van der Waals surface area contributed by atoms with Crippen LogP contribution in [0.5, 0.6) is 5.75 Å². The minimum atomic E-state index is -1.55. The zero-order valence-electron chi connectivity index (χ0n) is 16.0. The molecule has 0 saturated heterocycles. The molecular weight excluding hydrogens is 353 g/mol. The average molecular weight is 386 g/mol. The third-order valence-corrected chi connectivity index (χ3v) is 6.54. The number of carbonyl (C=O) groups excluding carboxylic acids is 1. The smallest absolute Gasteiger partial charge is 0.314 e. The van der Waals surface area contributed by atoms with Gasteiger partial charge in [0, 0.05) is 15.0 Å². The molecule has 1 aromatic carbocycles. The maximum Gasteiger partial charge on any atom is 0.314 e. The van der Waals surface area contributed by atoms with Crippen molar-refractivity contribution in [2.24, 2.45) is 23.7 Å². The van der Waals surface area contributed by atoms with E-state index in [4.69, 9.17) is 4.74 Å². The largest absolute Gasteiger partial charge is 0.426 e. The van der Waals surface area contributed by atoms with Crippen LogP contribution in [0.2, 0.25) is 0 Å². The molecule has 0 aromatic heterocycles. The van der Waals surface area contributed by atoms with Crippen LogP contribution in [-0.2, 0) is 4.79 Å². The molecule has 0 spiro atoms. The fourth-order valence-corrected chi connectivity index (χ4v) is 4.97. The van der Waals surface area contributed by atoms with Crippen molar-refractivity contribution in [2.75, 3.05) is 0 Å². The van der Waals surface area contributed by atoms with Gasteiger partial charge in [0.25, 0.3) is 0 Å². The van der Waals surface area contributed by atoms with Gasteiger partial charge in [-0.2, -0.15) is 0 Å². The third-order valence-electron chi connectivity index (χ3n) is 6.54. The topological polar surface area (TPSA) is 26.3 Å². The molecule has 0 aliphatic heterocycles. The second-order valence-electron chi connectivity index (χ2n) is 8.30. The Bertz CT molecular complexity index is 632. The van der Waals surface area contributed by atoms with Crippen LogP contribution < -0.4 is 4.74 Å². The highest BCUT2D eigenvalue weighted by Gasteiger charge is 2.33. The monoisotopic (exact) mass is 386 g/mol. The fourth-order valence-electron chi connectivity index (χ4n) is 4.97. The number of esters is 1. The van der Waals surface area contributed by atoms with E-state index in [9.17, 15) is 18.0 Å². The predicted octanol–water partition coefficient (Wildman–Crippen LogP) is 6.91. The lowest BCUT2D eigenvalue weighted by Gasteiger charge is -2.37. The van der Waals surface area contributed by atoms with Crippen LogP contribution in [0.3, 0.4) is 0 Å². The van der Waals surface area contributed by atoms with E-state index in [2.05, 4.69) is 6.92 Å². The molecule has 154 valence electrons. The van der Waals surface area contributed by atoms with Crippen molar-refractivity contribution in [1.29, 1.82) is 0 Å². The van der Waals surface area contributed by atoms with Gasteiger partial charge in [0.15, 0.2) is 17.5 Å². The number of ether oxygens (including phenoxy) is 1. The summed E-state index contributed by atoms with van der Waals surface area (Å²) in [6, 6.07) is 1.44. The molecule has 0 radical (unpaired) electrons. The van der Waals surface area contributed by atoms with Gasteiger partial charge in [-0.05, 0) is 56.3 Å². The Balaban J connectivity index is 0.00000210. The molecule has 5 heteroatoms. The van der Waals surface area contributed by atoms with Crippen molar-refractivity contribution >= 4 is 5.97 Å². The lowest BCUT2D eigenvalue weighted by molar-refractivity contribution is -0.140. The van der Waals surface area contributed by atoms with Gasteiger partial charge in [-0.15, -0.1) is 0 Å². The highest BCUT2D eigenvalue weighted by Crippen LogP contribution is 2.42. The lowest BCUT2D eigenvalue weighted by atomic mass is 9.69. The highest BCUT2D eigenvalue weighted by molar-refractivity contribution is 5.75. The van der Waals surface area contributed by atoms with E-state index in [1.165, 1.54) is 38.5 Å². The molecule has 1 aromatic rings. The molecule has 0 N–H and O–H groups in total. The van der Waals surface area contributed by atoms with Gasteiger partial charge >= 0.3 is 5.97 Å². The molecule has 0 atom stereocenters. The van der Waals surface area contributed by atoms with Crippen LogP contribution in [-0.4, -0.2) is 5.97 Å². The van der Waals surface area contributed by atoms with Crippen molar-refractivity contribution in [1.82, 2.24) is 0 Å². The maximum atomic E-state index is 13.3. The first kappa shape index (κ1) is 20.2. The van der Waals surface area contributed by atoms with Gasteiger partial charge in [0.05, 0.1) is 5.92 Å². The normalized spacial score (nSPS) is 28.7. The second kappa shape index (κ2) is 9.11. The standard InChI is InChI=1S/C22H29F3O2.2H2/c1-2-3-14-4-6-15(7-5-14)16-8-10-17(11-9-16)22(26)27-18-12-19(23)21(25)20(24)13-18;;/h12-17H,2-11H2,1H3;2*1H. The summed E-state index contributed by atoms with van der Waals surface area (Å²) >= 11 is 0. The molecule has 2 saturated carbocycles. The van der Waals surface area contributed by atoms with Gasteiger partial charge in [0.1, 0.15) is 5.75 Å². The van der Waals surface area contributed by atoms with Gasteiger partial charge < -0.3 is 4.74 Å². The van der Waals surface area contributed by atoms with E-state index in [1.807, 2.05) is 0 Å². The van der Waals surface area contributed by atoms with Gasteiger partial charge in [-0.25, -0.2) is 13.2 Å². The van der Waals surface area contributed by atoms with Crippen LogP contribution in [0.15, 0.2) is 12.1 Å². The number of carbonyl (C=O) groups is 1. The van der Waals surface area contributed by atoms with E-state index in [0.29, 0.717) is 5.92 Å². The molecule has 0 unspecified atom stereocenters. The first-order valence-electron chi connectivity index (χ1n) is 10.3. The lowest BCUT2D eigenvalue weighted by Crippen LogP contribution is -2.30. The van der Waals surface area contributed by atoms with Crippen LogP contribution in [0.25, 0.3) is 0 Å². The first-order chi connectivity index (χ1) is 13.0. The Morgan fingerprint density at radius 2 is 1.48 bits per heavy atom. The highest BCUT2D eigenvalue weighted by atomic mass is 19.2. The molecule has 27 heavy (non-hydrogen) atoms. The Morgan fingerprint density at radius 1 is 0.963 bits per heavy atom. The quantitative estimate of drug-likeness (QED) is 0.312. The van der Waals surface area contributed by atoms with Crippen LogP contribution in [0.4, 0.5) is 13.2 Å². The van der Waals surface area contributed by atoms with Crippen LogP contribution in [0, 0.1) is 41.1 Å². The van der Waals surface area contributed by atoms with E-state index in [0.717, 1.165) is 49.7 Å². The summed E-state index contributed by atoms with van der Waals surface area (Å²) in [7, 11) is 0. The first-order valence-corrected chi connectivity index (χ1v) is 10.3. The molecule has 3 rings (SSSR count). The SMILES string of the molecule is CCCC1CCC(C2CCC(C(=O)Oc3cc(F)c(F)c(F)c3)CC2)CC1.[HH].[HH]. The molecule has 2 fully saturated rings. The van der Waals surface area contributed by atoms with Gasteiger partial charge in [-0.1, -0.05) is 32.6 Å². The number of halogens is 3. The fraction of sp³-hybridized carbons (Fsp3) is 0.682. The van der Waals surface area contributed by atoms with Crippen molar-refractivity contribution in [3.05, 3.63) is 29.6 Å². The predicted molar refractivity (Wildman–Crippen MR) is 102 cm³/mol. The Hall–Kier alpha value is -1.52. The van der Waals surface area contributed by atoms with Crippen molar-refractivity contribution in [2.45, 2.75) is 71.1 Å². The molecule has 0 amide bonds. The number of hydrogen-bond donors (Lipinski definition) is 0. The molecule has 2 nitrogen and oxygen atoms in total. The summed E-state index contributed by atoms with van der Waals surface area (Å²) in [5, 5.41) is 0. The number of rotatable bonds is 5. The van der Waals surface area contributed by atoms with Crippen LogP contribution >= 0.6 is 0 Å². The zero-order valence-corrected chi connectivity index (χ0v) is 16.0. The minimum absolute atomic E-state index is 0. The van der Waals surface area contributed by atoms with Crippen molar-refractivity contribution in [3.8, 4) is 5.75 Å². The number of benzene rings is 1. The van der Waals surface area contributed by atoms with Gasteiger partial charge in [0.2, 0.25) is 0 Å². The Labute approximate surface area is 162 Å². The summed E-state index contributed by atoms with van der Waals surface area (Å²) in [5.41, 5.74) is 0. The van der Waals surface area contributed by atoms with Crippen molar-refractivity contribution in [3.63, 3.8) is 0 Å². The van der Waals surface area contributed by atoms with E-state index in [-0.39, 0.29) is 14.5 Å². The van der Waals surface area contributed by atoms with Gasteiger partial charge in [-0.3, -0.25) is 4.79 Å². The molecular formula is C22H33F3O2. The second-order valence-corrected chi connectivity index (χ2v) is 8.30. The Morgan fingerprint density at radius 3 is 2.00 bits per heavy atom. The van der Waals surface area contributed by atoms with Crippen molar-refractivity contribution < 1.29 is 25.6 Å². The molecule has 0 heterocycles. The summed E-state index contributed by atoms with van der Waals surface area (Å²) in [6.07, 6.45) is 11.4.